The van der Waals surface area contributed by atoms with Crippen molar-refractivity contribution in [3.63, 3.8) is 0 Å². The van der Waals surface area contributed by atoms with Crippen LogP contribution < -0.4 is 0 Å². The Morgan fingerprint density at radius 2 is 1.79 bits per heavy atom. The molecule has 4 aliphatic carbocycles. The lowest BCUT2D eigenvalue weighted by Gasteiger charge is -2.52. The zero-order valence-electron chi connectivity index (χ0n) is 19.8. The van der Waals surface area contributed by atoms with Crippen molar-refractivity contribution >= 4 is 0 Å². The number of rotatable bonds is 4. The molecule has 2 fully saturated rings. The van der Waals surface area contributed by atoms with Crippen molar-refractivity contribution in [3.8, 4) is 0 Å². The Kier molecular flexibility index (Phi) is 5.69. The highest BCUT2D eigenvalue weighted by Crippen LogP contribution is 2.64. The molecule has 0 aromatic carbocycles. The molecule has 4 aliphatic rings. The number of hydrogen-bond acceptors (Lipinski definition) is 1. The van der Waals surface area contributed by atoms with E-state index in [1.165, 1.54) is 25.7 Å². The third-order valence-corrected chi connectivity index (χ3v) is 9.91. The standard InChI is InChI=1S/C28H44O/c1-18(2)19(3)7-8-20(4)24-11-12-25-23-10-9-21-17-22(29)13-15-27(21,5)26(23)14-16-28(24,25)6/h7-9,18-20,22,24-25,29H,10-17H2,1-6H3/t19?,20?,22?,24-,25+,27+,28-/m1/s1. The largest absolute Gasteiger partial charge is 0.393 e. The molecule has 162 valence electrons. The monoisotopic (exact) mass is 396 g/mol. The minimum atomic E-state index is -0.109. The average molecular weight is 397 g/mol. The van der Waals surface area contributed by atoms with Crippen LogP contribution in [0, 0.1) is 40.4 Å². The van der Waals surface area contributed by atoms with Crippen LogP contribution in [-0.4, -0.2) is 11.2 Å². The van der Waals surface area contributed by atoms with E-state index in [9.17, 15) is 5.11 Å². The van der Waals surface area contributed by atoms with E-state index in [-0.39, 0.29) is 11.5 Å². The Morgan fingerprint density at radius 3 is 2.52 bits per heavy atom. The molecule has 0 amide bonds. The smallest absolute Gasteiger partial charge is 0.0578 e. The summed E-state index contributed by atoms with van der Waals surface area (Å²) >= 11 is 0. The number of hydrogen-bond donors (Lipinski definition) is 1. The highest BCUT2D eigenvalue weighted by atomic mass is 16.3. The van der Waals surface area contributed by atoms with Crippen molar-refractivity contribution in [3.05, 3.63) is 34.9 Å². The number of fused-ring (bicyclic) bond motifs is 4. The topological polar surface area (TPSA) is 20.2 Å². The molecule has 0 aromatic heterocycles. The molecule has 0 aliphatic heterocycles. The molecule has 1 nitrogen and oxygen atoms in total. The molecule has 0 bridgehead atoms. The number of aliphatic hydroxyl groups excluding tert-OH is 1. The summed E-state index contributed by atoms with van der Waals surface area (Å²) in [5.41, 5.74) is 5.88. The van der Waals surface area contributed by atoms with Crippen molar-refractivity contribution in [1.82, 2.24) is 0 Å². The highest BCUT2D eigenvalue weighted by Gasteiger charge is 2.54. The van der Waals surface area contributed by atoms with E-state index in [2.05, 4.69) is 59.8 Å². The van der Waals surface area contributed by atoms with E-state index in [1.807, 2.05) is 5.57 Å². The van der Waals surface area contributed by atoms with Crippen molar-refractivity contribution < 1.29 is 5.11 Å². The van der Waals surface area contributed by atoms with Gasteiger partial charge in [-0.15, -0.1) is 0 Å². The minimum absolute atomic E-state index is 0.109. The Bertz CT molecular complexity index is 725. The third kappa shape index (κ3) is 3.50. The molecule has 4 rings (SSSR count). The van der Waals surface area contributed by atoms with Gasteiger partial charge in [-0.05, 0) is 86.4 Å². The van der Waals surface area contributed by atoms with E-state index in [0.717, 1.165) is 43.4 Å². The van der Waals surface area contributed by atoms with E-state index >= 15 is 0 Å². The molecular weight excluding hydrogens is 352 g/mol. The SMILES string of the molecule is CC(C)C(C)C=CC(C)[C@H]1CC[C@H]2C3=C(CC[C@]12C)[C@@]1(C)CCC(O)CC1=CC3. The van der Waals surface area contributed by atoms with Gasteiger partial charge in [0.2, 0.25) is 0 Å². The zero-order chi connectivity index (χ0) is 21.0. The fourth-order valence-electron chi connectivity index (χ4n) is 7.51. The maximum Gasteiger partial charge on any atom is 0.0578 e. The summed E-state index contributed by atoms with van der Waals surface area (Å²) in [6.45, 7) is 14.6. The molecule has 0 aromatic rings. The van der Waals surface area contributed by atoms with Gasteiger partial charge >= 0.3 is 0 Å². The second-order valence-electron chi connectivity index (χ2n) is 11.8. The van der Waals surface area contributed by atoms with Crippen molar-refractivity contribution in [2.45, 2.75) is 99.0 Å². The molecule has 0 radical (unpaired) electrons. The van der Waals surface area contributed by atoms with Gasteiger partial charge in [0, 0.05) is 5.41 Å². The van der Waals surface area contributed by atoms with Crippen LogP contribution in [0.1, 0.15) is 92.9 Å². The maximum absolute atomic E-state index is 10.2. The quantitative estimate of drug-likeness (QED) is 0.488. The van der Waals surface area contributed by atoms with Gasteiger partial charge in [0.25, 0.3) is 0 Å². The van der Waals surface area contributed by atoms with Crippen molar-refractivity contribution in [2.24, 2.45) is 40.4 Å². The maximum atomic E-state index is 10.2. The number of allylic oxidation sites excluding steroid dienone is 5. The summed E-state index contributed by atoms with van der Waals surface area (Å²) in [5.74, 6) is 3.69. The van der Waals surface area contributed by atoms with E-state index in [4.69, 9.17) is 0 Å². The van der Waals surface area contributed by atoms with Gasteiger partial charge < -0.3 is 5.11 Å². The molecule has 2 saturated carbocycles. The molecule has 0 heterocycles. The first-order valence-corrected chi connectivity index (χ1v) is 12.4. The lowest BCUT2D eigenvalue weighted by Crippen LogP contribution is -2.41. The van der Waals surface area contributed by atoms with Crippen LogP contribution in [0.3, 0.4) is 0 Å². The van der Waals surface area contributed by atoms with Crippen LogP contribution in [0.5, 0.6) is 0 Å². The zero-order valence-corrected chi connectivity index (χ0v) is 19.8. The third-order valence-electron chi connectivity index (χ3n) is 9.91. The van der Waals surface area contributed by atoms with Gasteiger partial charge in [-0.1, -0.05) is 76.5 Å². The Labute approximate surface area is 179 Å². The summed E-state index contributed by atoms with van der Waals surface area (Å²) in [6.07, 6.45) is 17.1. The highest BCUT2D eigenvalue weighted by molar-refractivity contribution is 5.43. The predicted octanol–water partition coefficient (Wildman–Crippen LogP) is 7.47. The lowest BCUT2D eigenvalue weighted by atomic mass is 9.53. The Balaban J connectivity index is 1.57. The molecule has 7 atom stereocenters. The van der Waals surface area contributed by atoms with E-state index < -0.39 is 0 Å². The van der Waals surface area contributed by atoms with Crippen LogP contribution in [0.4, 0.5) is 0 Å². The minimum Gasteiger partial charge on any atom is -0.393 e. The Hall–Kier alpha value is -0.820. The Morgan fingerprint density at radius 1 is 1.03 bits per heavy atom. The molecule has 0 saturated heterocycles. The summed E-state index contributed by atoms with van der Waals surface area (Å²) < 4.78 is 0. The van der Waals surface area contributed by atoms with Gasteiger partial charge in [0.05, 0.1) is 6.10 Å². The molecule has 3 unspecified atom stereocenters. The molecular formula is C28H44O. The lowest BCUT2D eigenvalue weighted by molar-refractivity contribution is 0.0971. The first kappa shape index (κ1) is 21.4. The predicted molar refractivity (Wildman–Crippen MR) is 124 cm³/mol. The van der Waals surface area contributed by atoms with E-state index in [0.29, 0.717) is 17.3 Å². The van der Waals surface area contributed by atoms with Gasteiger partial charge in [-0.2, -0.15) is 0 Å². The number of aliphatic hydroxyl groups is 1. The van der Waals surface area contributed by atoms with Gasteiger partial charge in [-0.25, -0.2) is 0 Å². The average Bonchev–Trinajstić information content (AvgIpc) is 3.03. The summed E-state index contributed by atoms with van der Waals surface area (Å²) in [7, 11) is 0. The summed E-state index contributed by atoms with van der Waals surface area (Å²) in [5, 5.41) is 10.2. The second-order valence-corrected chi connectivity index (χ2v) is 11.8. The van der Waals surface area contributed by atoms with Crippen molar-refractivity contribution in [2.75, 3.05) is 0 Å². The van der Waals surface area contributed by atoms with Crippen LogP contribution in [0.2, 0.25) is 0 Å². The first-order chi connectivity index (χ1) is 13.7. The van der Waals surface area contributed by atoms with E-state index in [1.54, 1.807) is 11.1 Å². The normalized spacial score (nSPS) is 41.8. The molecule has 1 heteroatoms. The van der Waals surface area contributed by atoms with Crippen LogP contribution in [0.25, 0.3) is 0 Å². The van der Waals surface area contributed by atoms with Gasteiger partial charge in [0.15, 0.2) is 0 Å². The first-order valence-electron chi connectivity index (χ1n) is 12.4. The summed E-state index contributed by atoms with van der Waals surface area (Å²) in [6, 6.07) is 0. The van der Waals surface area contributed by atoms with Gasteiger partial charge in [0.1, 0.15) is 0 Å². The van der Waals surface area contributed by atoms with Crippen molar-refractivity contribution in [1.29, 1.82) is 0 Å². The van der Waals surface area contributed by atoms with Crippen LogP contribution in [-0.2, 0) is 0 Å². The molecule has 29 heavy (non-hydrogen) atoms. The fourth-order valence-corrected chi connectivity index (χ4v) is 7.51. The molecule has 0 spiro atoms. The van der Waals surface area contributed by atoms with Crippen LogP contribution in [0.15, 0.2) is 34.9 Å². The van der Waals surface area contributed by atoms with Gasteiger partial charge in [-0.3, -0.25) is 0 Å². The fraction of sp³-hybridized carbons (Fsp3) is 0.786. The summed E-state index contributed by atoms with van der Waals surface area (Å²) in [4.78, 5) is 0. The molecule has 1 N–H and O–H groups in total. The second kappa shape index (κ2) is 7.70. The van der Waals surface area contributed by atoms with Crippen LogP contribution >= 0.6 is 0 Å².